The maximum atomic E-state index is 12.5. The van der Waals surface area contributed by atoms with Gasteiger partial charge in [-0.15, -0.1) is 11.6 Å². The Morgan fingerprint density at radius 3 is 2.89 bits per heavy atom. The van der Waals surface area contributed by atoms with E-state index in [0.29, 0.717) is 18.8 Å². The summed E-state index contributed by atoms with van der Waals surface area (Å²) in [6.45, 7) is 4.36. The van der Waals surface area contributed by atoms with Crippen LogP contribution in [0.25, 0.3) is 0 Å². The van der Waals surface area contributed by atoms with Crippen LogP contribution in [0.2, 0.25) is 0 Å². The smallest absolute Gasteiger partial charge is 0.260 e. The van der Waals surface area contributed by atoms with Gasteiger partial charge >= 0.3 is 0 Å². The van der Waals surface area contributed by atoms with Crippen molar-refractivity contribution in [2.24, 2.45) is 0 Å². The van der Waals surface area contributed by atoms with Gasteiger partial charge in [0.05, 0.1) is 18.4 Å². The number of H-pyrrole nitrogens is 1. The van der Waals surface area contributed by atoms with Crippen molar-refractivity contribution in [3.63, 3.8) is 0 Å². The predicted molar refractivity (Wildman–Crippen MR) is 71.8 cm³/mol. The number of hydrogen-bond acceptors (Lipinski definition) is 4. The number of rotatable bonds is 4. The molecule has 1 aromatic heterocycles. The Morgan fingerprint density at radius 2 is 2.32 bits per heavy atom. The second kappa shape index (κ2) is 5.78. The number of nitrogens with one attached hydrogen (secondary N) is 1. The highest BCUT2D eigenvalue weighted by molar-refractivity contribution is 7.89. The molecule has 0 aliphatic carbocycles. The molecule has 19 heavy (non-hydrogen) atoms. The van der Waals surface area contributed by atoms with E-state index in [4.69, 9.17) is 16.3 Å². The molecule has 1 N–H and O–H groups in total. The normalized spacial score (nSPS) is 25.6. The monoisotopic (exact) mass is 307 g/mol. The molecule has 2 unspecified atom stereocenters. The average Bonchev–Trinajstić information content (AvgIpc) is 2.87. The summed E-state index contributed by atoms with van der Waals surface area (Å²) in [6.07, 6.45) is 1.60. The molecule has 0 saturated carbocycles. The van der Waals surface area contributed by atoms with Crippen molar-refractivity contribution in [2.75, 3.05) is 19.0 Å². The number of alkyl halides is 1. The average molecular weight is 308 g/mol. The minimum atomic E-state index is -3.55. The van der Waals surface area contributed by atoms with Gasteiger partial charge in [0.25, 0.3) is 10.0 Å². The van der Waals surface area contributed by atoms with E-state index in [2.05, 4.69) is 9.97 Å². The van der Waals surface area contributed by atoms with E-state index < -0.39 is 10.0 Å². The summed E-state index contributed by atoms with van der Waals surface area (Å²) in [5.74, 6) is 0.938. The lowest BCUT2D eigenvalue weighted by atomic mass is 10.3. The molecule has 0 amide bonds. The van der Waals surface area contributed by atoms with Crippen LogP contribution in [0.3, 0.4) is 0 Å². The summed E-state index contributed by atoms with van der Waals surface area (Å²) in [7, 11) is -3.55. The summed E-state index contributed by atoms with van der Waals surface area (Å²) in [5.41, 5.74) is 0. The fraction of sp³-hybridized carbons (Fsp3) is 0.727. The zero-order valence-corrected chi connectivity index (χ0v) is 12.5. The van der Waals surface area contributed by atoms with Crippen LogP contribution < -0.4 is 0 Å². The SMILES string of the molecule is CCc1ncc(S(=O)(=O)N2CC(C)OC(CCl)C2)[nH]1. The number of halogens is 1. The summed E-state index contributed by atoms with van der Waals surface area (Å²) >= 11 is 5.77. The summed E-state index contributed by atoms with van der Waals surface area (Å²) in [6, 6.07) is 0. The minimum absolute atomic E-state index is 0.131. The van der Waals surface area contributed by atoms with Crippen LogP contribution in [0, 0.1) is 0 Å². The third-order valence-corrected chi connectivity index (χ3v) is 5.11. The molecule has 0 aromatic carbocycles. The lowest BCUT2D eigenvalue weighted by Gasteiger charge is -2.34. The Morgan fingerprint density at radius 1 is 1.58 bits per heavy atom. The van der Waals surface area contributed by atoms with E-state index in [9.17, 15) is 8.42 Å². The molecule has 1 aromatic rings. The number of morpholine rings is 1. The molecule has 1 fully saturated rings. The van der Waals surface area contributed by atoms with Crippen LogP contribution in [-0.2, 0) is 21.2 Å². The Hall–Kier alpha value is -0.630. The molecule has 8 heteroatoms. The fourth-order valence-electron chi connectivity index (χ4n) is 2.08. The van der Waals surface area contributed by atoms with Gasteiger partial charge in [-0.3, -0.25) is 0 Å². The van der Waals surface area contributed by atoms with Crippen molar-refractivity contribution in [3.05, 3.63) is 12.0 Å². The number of nitrogens with zero attached hydrogens (tertiary/aromatic N) is 2. The molecule has 2 atom stereocenters. The van der Waals surface area contributed by atoms with Gasteiger partial charge < -0.3 is 9.72 Å². The van der Waals surface area contributed by atoms with Crippen molar-refractivity contribution in [3.8, 4) is 0 Å². The summed E-state index contributed by atoms with van der Waals surface area (Å²) in [4.78, 5) is 6.87. The second-order valence-corrected chi connectivity index (χ2v) is 6.81. The van der Waals surface area contributed by atoms with Crippen molar-refractivity contribution >= 4 is 21.6 Å². The molecule has 0 bridgehead atoms. The molecule has 0 radical (unpaired) electrons. The molecular formula is C11H18ClN3O3S. The number of ether oxygens (including phenoxy) is 1. The number of imidazole rings is 1. The van der Waals surface area contributed by atoms with E-state index in [1.54, 1.807) is 0 Å². The molecule has 2 heterocycles. The van der Waals surface area contributed by atoms with E-state index in [1.165, 1.54) is 10.5 Å². The lowest BCUT2D eigenvalue weighted by Crippen LogP contribution is -2.49. The molecule has 108 valence electrons. The molecule has 1 aliphatic heterocycles. The fourth-order valence-corrected chi connectivity index (χ4v) is 3.73. The Bertz CT molecular complexity index is 531. The van der Waals surface area contributed by atoms with Crippen molar-refractivity contribution in [1.29, 1.82) is 0 Å². The van der Waals surface area contributed by atoms with Crippen LogP contribution in [0.15, 0.2) is 11.2 Å². The number of aromatic nitrogens is 2. The van der Waals surface area contributed by atoms with Gasteiger partial charge in [-0.1, -0.05) is 6.92 Å². The molecule has 1 saturated heterocycles. The highest BCUT2D eigenvalue weighted by Crippen LogP contribution is 2.20. The highest BCUT2D eigenvalue weighted by atomic mass is 35.5. The number of sulfonamides is 1. The van der Waals surface area contributed by atoms with E-state index in [-0.39, 0.29) is 29.7 Å². The minimum Gasteiger partial charge on any atom is -0.371 e. The number of hydrogen-bond donors (Lipinski definition) is 1. The van der Waals surface area contributed by atoms with Crippen LogP contribution >= 0.6 is 11.6 Å². The molecule has 0 spiro atoms. The van der Waals surface area contributed by atoms with E-state index in [0.717, 1.165) is 0 Å². The first-order chi connectivity index (χ1) is 8.97. The Balaban J connectivity index is 2.23. The Kier molecular flexibility index (Phi) is 4.50. The molecule has 6 nitrogen and oxygen atoms in total. The zero-order valence-electron chi connectivity index (χ0n) is 11.0. The first-order valence-electron chi connectivity index (χ1n) is 6.22. The number of aromatic amines is 1. The van der Waals surface area contributed by atoms with Crippen LogP contribution in [0.1, 0.15) is 19.7 Å². The zero-order chi connectivity index (χ0) is 14.0. The van der Waals surface area contributed by atoms with Crippen molar-refractivity contribution in [2.45, 2.75) is 37.5 Å². The molecular weight excluding hydrogens is 290 g/mol. The third-order valence-electron chi connectivity index (χ3n) is 3.02. The van der Waals surface area contributed by atoms with E-state index in [1.807, 2.05) is 13.8 Å². The standard InChI is InChI=1S/C11H18ClN3O3S/c1-3-10-13-5-11(14-10)19(16,17)15-6-8(2)18-9(4-12)7-15/h5,8-9H,3-4,6-7H2,1-2H3,(H,13,14). The highest BCUT2D eigenvalue weighted by Gasteiger charge is 2.34. The number of aryl methyl sites for hydroxylation is 1. The Labute approximate surface area is 118 Å². The first-order valence-corrected chi connectivity index (χ1v) is 8.20. The quantitative estimate of drug-likeness (QED) is 0.842. The maximum absolute atomic E-state index is 12.5. The predicted octanol–water partition coefficient (Wildman–Crippen LogP) is 0.989. The van der Waals surface area contributed by atoms with Crippen LogP contribution in [0.4, 0.5) is 0 Å². The first kappa shape index (κ1) is 14.8. The van der Waals surface area contributed by atoms with Crippen LogP contribution in [0.5, 0.6) is 0 Å². The van der Waals surface area contributed by atoms with Crippen LogP contribution in [-0.4, -0.2) is 53.9 Å². The van der Waals surface area contributed by atoms with Gasteiger partial charge in [0.15, 0.2) is 5.03 Å². The second-order valence-electron chi connectivity index (χ2n) is 4.59. The largest absolute Gasteiger partial charge is 0.371 e. The maximum Gasteiger partial charge on any atom is 0.260 e. The lowest BCUT2D eigenvalue weighted by molar-refractivity contribution is -0.0423. The van der Waals surface area contributed by atoms with Gasteiger partial charge in [0, 0.05) is 25.4 Å². The summed E-state index contributed by atoms with van der Waals surface area (Å²) < 4.78 is 31.9. The van der Waals surface area contributed by atoms with Gasteiger partial charge in [-0.2, -0.15) is 4.31 Å². The third kappa shape index (κ3) is 3.10. The van der Waals surface area contributed by atoms with Crippen molar-refractivity contribution in [1.82, 2.24) is 14.3 Å². The topological polar surface area (TPSA) is 75.3 Å². The summed E-state index contributed by atoms with van der Waals surface area (Å²) in [5, 5.41) is 0.131. The van der Waals surface area contributed by atoms with Gasteiger partial charge in [-0.25, -0.2) is 13.4 Å². The van der Waals surface area contributed by atoms with E-state index >= 15 is 0 Å². The van der Waals surface area contributed by atoms with Gasteiger partial charge in [-0.05, 0) is 6.92 Å². The molecule has 1 aliphatic rings. The molecule has 2 rings (SSSR count). The van der Waals surface area contributed by atoms with Gasteiger partial charge in [0.2, 0.25) is 0 Å². The van der Waals surface area contributed by atoms with Crippen molar-refractivity contribution < 1.29 is 13.2 Å². The van der Waals surface area contributed by atoms with Gasteiger partial charge in [0.1, 0.15) is 5.82 Å².